The van der Waals surface area contributed by atoms with Crippen LogP contribution in [-0.2, 0) is 0 Å². The second kappa shape index (κ2) is 5.37. The van der Waals surface area contributed by atoms with Crippen molar-refractivity contribution in [2.75, 3.05) is 12.4 Å². The molecule has 0 unspecified atom stereocenters. The molecule has 0 radical (unpaired) electrons. The molecule has 1 aromatic carbocycles. The Morgan fingerprint density at radius 2 is 2.10 bits per heavy atom. The number of hydrogen-bond donors (Lipinski definition) is 2. The van der Waals surface area contributed by atoms with Crippen LogP contribution < -0.4 is 5.32 Å². The number of phenolic OH excluding ortho intramolecular Hbond substituents is 1. The number of hydrogen-bond acceptors (Lipinski definition) is 4. The third-order valence-corrected chi connectivity index (χ3v) is 4.65. The summed E-state index contributed by atoms with van der Waals surface area (Å²) >= 11 is 8.25. The molecule has 0 saturated heterocycles. The predicted octanol–water partition coefficient (Wildman–Crippen LogP) is 4.03. The van der Waals surface area contributed by atoms with E-state index in [1.165, 1.54) is 12.8 Å². The van der Waals surface area contributed by atoms with Gasteiger partial charge in [-0.2, -0.15) is 0 Å². The highest BCUT2D eigenvalue weighted by Gasteiger charge is 2.29. The summed E-state index contributed by atoms with van der Waals surface area (Å²) in [6, 6.07) is 5.03. The standard InChI is InChI=1S/C14H13ClIN3O/c1-17-14-11(16)12(7-2-3-7)18-13(19-14)8-4-5-10(20)9(15)6-8/h4-7,20H,2-3H2,1H3,(H,17,18,19). The fourth-order valence-corrected chi connectivity index (χ4v) is 3.16. The van der Waals surface area contributed by atoms with Crippen LogP contribution in [0.2, 0.25) is 5.02 Å². The van der Waals surface area contributed by atoms with E-state index in [-0.39, 0.29) is 5.75 Å². The average molecular weight is 402 g/mol. The molecule has 1 saturated carbocycles. The third kappa shape index (κ3) is 2.56. The van der Waals surface area contributed by atoms with Crippen molar-refractivity contribution in [1.82, 2.24) is 9.97 Å². The van der Waals surface area contributed by atoms with Crippen LogP contribution in [-0.4, -0.2) is 22.1 Å². The highest BCUT2D eigenvalue weighted by Crippen LogP contribution is 2.43. The molecule has 0 amide bonds. The normalized spacial score (nSPS) is 14.3. The number of phenols is 1. The van der Waals surface area contributed by atoms with Gasteiger partial charge >= 0.3 is 0 Å². The first-order valence-electron chi connectivity index (χ1n) is 6.34. The van der Waals surface area contributed by atoms with Crippen LogP contribution in [0.25, 0.3) is 11.4 Å². The smallest absolute Gasteiger partial charge is 0.161 e. The summed E-state index contributed by atoms with van der Waals surface area (Å²) in [5, 5.41) is 12.9. The molecule has 1 aromatic heterocycles. The molecule has 1 aliphatic carbocycles. The molecule has 104 valence electrons. The van der Waals surface area contributed by atoms with Gasteiger partial charge in [-0.1, -0.05) is 11.6 Å². The van der Waals surface area contributed by atoms with Crippen LogP contribution in [0, 0.1) is 3.57 Å². The summed E-state index contributed by atoms with van der Waals surface area (Å²) in [7, 11) is 1.86. The number of halogens is 2. The van der Waals surface area contributed by atoms with Gasteiger partial charge < -0.3 is 10.4 Å². The number of aromatic nitrogens is 2. The summed E-state index contributed by atoms with van der Waals surface area (Å²) in [4.78, 5) is 9.22. The van der Waals surface area contributed by atoms with E-state index in [1.807, 2.05) is 7.05 Å². The highest BCUT2D eigenvalue weighted by atomic mass is 127. The van der Waals surface area contributed by atoms with E-state index < -0.39 is 0 Å². The Morgan fingerprint density at radius 3 is 2.70 bits per heavy atom. The van der Waals surface area contributed by atoms with Crippen molar-refractivity contribution >= 4 is 40.0 Å². The van der Waals surface area contributed by atoms with Crippen molar-refractivity contribution in [2.45, 2.75) is 18.8 Å². The fraction of sp³-hybridized carbons (Fsp3) is 0.286. The Hall–Kier alpha value is -1.08. The van der Waals surface area contributed by atoms with Gasteiger partial charge in [-0.25, -0.2) is 9.97 Å². The van der Waals surface area contributed by atoms with E-state index >= 15 is 0 Å². The lowest BCUT2D eigenvalue weighted by Gasteiger charge is -2.11. The average Bonchev–Trinajstić information content (AvgIpc) is 3.27. The van der Waals surface area contributed by atoms with Crippen LogP contribution in [0.4, 0.5) is 5.82 Å². The monoisotopic (exact) mass is 401 g/mol. The molecule has 0 bridgehead atoms. The van der Waals surface area contributed by atoms with Gasteiger partial charge in [0.15, 0.2) is 5.82 Å². The van der Waals surface area contributed by atoms with Gasteiger partial charge in [0.25, 0.3) is 0 Å². The molecule has 1 fully saturated rings. The van der Waals surface area contributed by atoms with E-state index in [0.717, 1.165) is 20.6 Å². The summed E-state index contributed by atoms with van der Waals surface area (Å²) in [6.45, 7) is 0. The molecule has 2 aromatic rings. The maximum Gasteiger partial charge on any atom is 0.161 e. The molecular weight excluding hydrogens is 389 g/mol. The summed E-state index contributed by atoms with van der Waals surface area (Å²) in [5.41, 5.74) is 1.91. The van der Waals surface area contributed by atoms with Crippen molar-refractivity contribution in [3.8, 4) is 17.1 Å². The van der Waals surface area contributed by atoms with E-state index in [0.29, 0.717) is 16.8 Å². The van der Waals surface area contributed by atoms with Crippen LogP contribution in [0.3, 0.4) is 0 Å². The van der Waals surface area contributed by atoms with Crippen LogP contribution in [0.15, 0.2) is 18.2 Å². The van der Waals surface area contributed by atoms with E-state index in [1.54, 1.807) is 18.2 Å². The summed E-state index contributed by atoms with van der Waals surface area (Å²) in [6.07, 6.45) is 2.37. The zero-order valence-electron chi connectivity index (χ0n) is 10.8. The zero-order chi connectivity index (χ0) is 14.3. The second-order valence-corrected chi connectivity index (χ2v) is 6.27. The minimum Gasteiger partial charge on any atom is -0.506 e. The Bertz CT molecular complexity index is 674. The van der Waals surface area contributed by atoms with Gasteiger partial charge in [0, 0.05) is 18.5 Å². The van der Waals surface area contributed by atoms with E-state index in [2.05, 4.69) is 37.9 Å². The zero-order valence-corrected chi connectivity index (χ0v) is 13.7. The minimum atomic E-state index is 0.0668. The van der Waals surface area contributed by atoms with Crippen molar-refractivity contribution in [3.05, 3.63) is 32.5 Å². The number of nitrogens with one attached hydrogen (secondary N) is 1. The molecular formula is C14H13ClIN3O. The van der Waals surface area contributed by atoms with Crippen molar-refractivity contribution in [2.24, 2.45) is 0 Å². The molecule has 3 rings (SSSR count). The molecule has 2 N–H and O–H groups in total. The first-order chi connectivity index (χ1) is 9.60. The first kappa shape index (κ1) is 13.9. The second-order valence-electron chi connectivity index (χ2n) is 4.79. The lowest BCUT2D eigenvalue weighted by molar-refractivity contribution is 0.475. The van der Waals surface area contributed by atoms with Gasteiger partial charge in [-0.3, -0.25) is 0 Å². The maximum atomic E-state index is 9.50. The van der Waals surface area contributed by atoms with E-state index in [4.69, 9.17) is 11.6 Å². The SMILES string of the molecule is CNc1nc(-c2ccc(O)c(Cl)c2)nc(C2CC2)c1I. The predicted molar refractivity (Wildman–Crippen MR) is 88.4 cm³/mol. The molecule has 1 heterocycles. The first-order valence-corrected chi connectivity index (χ1v) is 7.80. The number of nitrogens with zero attached hydrogens (tertiary/aromatic N) is 2. The number of aromatic hydroxyl groups is 1. The number of rotatable bonds is 3. The summed E-state index contributed by atoms with van der Waals surface area (Å²) < 4.78 is 1.08. The van der Waals surface area contributed by atoms with Crippen LogP contribution >= 0.6 is 34.2 Å². The molecule has 0 aliphatic heterocycles. The molecule has 0 spiro atoms. The lowest BCUT2D eigenvalue weighted by Crippen LogP contribution is -2.04. The van der Waals surface area contributed by atoms with Crippen molar-refractivity contribution in [1.29, 1.82) is 0 Å². The highest BCUT2D eigenvalue weighted by molar-refractivity contribution is 14.1. The molecule has 1 aliphatic rings. The number of benzene rings is 1. The van der Waals surface area contributed by atoms with Gasteiger partial charge in [-0.05, 0) is 53.6 Å². The van der Waals surface area contributed by atoms with Crippen molar-refractivity contribution < 1.29 is 5.11 Å². The Balaban J connectivity index is 2.12. The third-order valence-electron chi connectivity index (χ3n) is 3.28. The van der Waals surface area contributed by atoms with Crippen LogP contribution in [0.5, 0.6) is 5.75 Å². The molecule has 6 heteroatoms. The molecule has 4 nitrogen and oxygen atoms in total. The van der Waals surface area contributed by atoms with Gasteiger partial charge in [-0.15, -0.1) is 0 Å². The van der Waals surface area contributed by atoms with Crippen molar-refractivity contribution in [3.63, 3.8) is 0 Å². The minimum absolute atomic E-state index is 0.0668. The topological polar surface area (TPSA) is 58.0 Å². The lowest BCUT2D eigenvalue weighted by atomic mass is 10.2. The fourth-order valence-electron chi connectivity index (χ4n) is 2.03. The van der Waals surface area contributed by atoms with E-state index in [9.17, 15) is 5.11 Å². The Kier molecular flexibility index (Phi) is 3.72. The largest absolute Gasteiger partial charge is 0.506 e. The Morgan fingerprint density at radius 1 is 1.35 bits per heavy atom. The quantitative estimate of drug-likeness (QED) is 0.763. The number of anilines is 1. The van der Waals surface area contributed by atoms with Crippen LogP contribution in [0.1, 0.15) is 24.5 Å². The maximum absolute atomic E-state index is 9.50. The molecule has 20 heavy (non-hydrogen) atoms. The van der Waals surface area contributed by atoms with Gasteiger partial charge in [0.05, 0.1) is 14.3 Å². The van der Waals surface area contributed by atoms with Gasteiger partial charge in [0.1, 0.15) is 11.6 Å². The summed E-state index contributed by atoms with van der Waals surface area (Å²) in [5.74, 6) is 2.08. The Labute approximate surface area is 135 Å². The molecule has 0 atom stereocenters. The van der Waals surface area contributed by atoms with Gasteiger partial charge in [0.2, 0.25) is 0 Å².